The number of ether oxygens (including phenoxy) is 1. The second-order valence-corrected chi connectivity index (χ2v) is 13.6. The van der Waals surface area contributed by atoms with Crippen molar-refractivity contribution in [2.24, 2.45) is 0 Å². The third kappa shape index (κ3) is 5.49. The molecule has 7 nitrogen and oxygen atoms in total. The monoisotopic (exact) mass is 673 g/mol. The van der Waals surface area contributed by atoms with E-state index in [1.807, 2.05) is 0 Å². The first-order chi connectivity index (χ1) is 21.6. The van der Waals surface area contributed by atoms with E-state index in [1.165, 1.54) is 17.0 Å². The van der Waals surface area contributed by atoms with Crippen molar-refractivity contribution < 1.29 is 32.3 Å². The van der Waals surface area contributed by atoms with Crippen molar-refractivity contribution in [3.8, 4) is 5.75 Å². The fourth-order valence-corrected chi connectivity index (χ4v) is 7.42. The van der Waals surface area contributed by atoms with Crippen molar-refractivity contribution in [1.82, 2.24) is 10.2 Å². The van der Waals surface area contributed by atoms with E-state index in [0.29, 0.717) is 38.0 Å². The molecule has 3 aliphatic rings. The summed E-state index contributed by atoms with van der Waals surface area (Å²) < 4.78 is 48.8. The number of carbonyl (C=O) groups is 3. The van der Waals surface area contributed by atoms with Crippen LogP contribution in [0.3, 0.4) is 0 Å². The Kier molecular flexibility index (Phi) is 8.04. The molecule has 6 rings (SSSR count). The van der Waals surface area contributed by atoms with Gasteiger partial charge in [0, 0.05) is 59.6 Å². The Morgan fingerprint density at radius 1 is 0.978 bits per heavy atom. The normalized spacial score (nSPS) is 24.0. The van der Waals surface area contributed by atoms with Gasteiger partial charge in [-0.2, -0.15) is 0 Å². The van der Waals surface area contributed by atoms with Crippen LogP contribution >= 0.6 is 23.2 Å². The molecule has 0 saturated carbocycles. The predicted octanol–water partition coefficient (Wildman–Crippen LogP) is 7.09. The number of rotatable bonds is 5. The number of halogens is 5. The van der Waals surface area contributed by atoms with Crippen LogP contribution in [-0.4, -0.2) is 47.2 Å². The zero-order valence-electron chi connectivity index (χ0n) is 25.4. The summed E-state index contributed by atoms with van der Waals surface area (Å²) >= 11 is 12.9. The SMILES string of the molecule is Cc1ccc(F)cc1[C@H]1NC(=O)C[C@@H](c2cc(Cl)ccc2OC(C)(C)C(=O)N2CCC(F)(F)CC2)[C@]12C(=O)Nc1cc(Cl)ccc12. The zero-order chi connectivity index (χ0) is 33.2. The minimum absolute atomic E-state index is 0.119. The van der Waals surface area contributed by atoms with E-state index in [-0.39, 0.29) is 25.3 Å². The second kappa shape index (κ2) is 11.5. The summed E-state index contributed by atoms with van der Waals surface area (Å²) in [5.41, 5.74) is -0.606. The Hall–Kier alpha value is -3.76. The fraction of sp³-hybridized carbons (Fsp3) is 0.382. The number of carbonyl (C=O) groups excluding carboxylic acids is 3. The number of anilines is 1. The van der Waals surface area contributed by atoms with Gasteiger partial charge in [-0.3, -0.25) is 14.4 Å². The molecule has 3 heterocycles. The predicted molar refractivity (Wildman–Crippen MR) is 168 cm³/mol. The van der Waals surface area contributed by atoms with Gasteiger partial charge in [0.05, 0.1) is 6.04 Å². The molecular weight excluding hydrogens is 642 g/mol. The molecule has 0 unspecified atom stereocenters. The minimum atomic E-state index is -2.83. The number of hydrogen-bond donors (Lipinski definition) is 2. The van der Waals surface area contributed by atoms with E-state index in [1.54, 1.807) is 63.2 Å². The molecule has 1 spiro atoms. The summed E-state index contributed by atoms with van der Waals surface area (Å²) in [5, 5.41) is 6.58. The van der Waals surface area contributed by atoms with Crippen LogP contribution in [0.2, 0.25) is 10.0 Å². The quantitative estimate of drug-likeness (QED) is 0.303. The van der Waals surface area contributed by atoms with Gasteiger partial charge in [0.25, 0.3) is 11.8 Å². The molecule has 3 aromatic carbocycles. The molecule has 3 aliphatic heterocycles. The van der Waals surface area contributed by atoms with Gasteiger partial charge in [0.2, 0.25) is 11.8 Å². The van der Waals surface area contributed by atoms with Crippen molar-refractivity contribution in [3.63, 3.8) is 0 Å². The largest absolute Gasteiger partial charge is 0.478 e. The van der Waals surface area contributed by atoms with Crippen LogP contribution in [-0.2, 0) is 19.8 Å². The number of amides is 3. The Morgan fingerprint density at radius 3 is 2.37 bits per heavy atom. The van der Waals surface area contributed by atoms with Gasteiger partial charge in [-0.15, -0.1) is 0 Å². The minimum Gasteiger partial charge on any atom is -0.478 e. The third-order valence-corrected chi connectivity index (χ3v) is 9.78. The third-order valence-electron chi connectivity index (χ3n) is 9.31. The molecule has 0 bridgehead atoms. The number of piperidine rings is 2. The highest BCUT2D eigenvalue weighted by atomic mass is 35.5. The van der Waals surface area contributed by atoms with E-state index in [9.17, 15) is 27.6 Å². The molecule has 2 fully saturated rings. The van der Waals surface area contributed by atoms with Crippen LogP contribution in [0.4, 0.5) is 18.9 Å². The van der Waals surface area contributed by atoms with E-state index in [0.717, 1.165) is 0 Å². The van der Waals surface area contributed by atoms with Crippen LogP contribution < -0.4 is 15.4 Å². The number of hydrogen-bond acceptors (Lipinski definition) is 4. The summed E-state index contributed by atoms with van der Waals surface area (Å²) in [4.78, 5) is 42.9. The van der Waals surface area contributed by atoms with Crippen molar-refractivity contribution in [1.29, 1.82) is 0 Å². The number of alkyl halides is 2. The van der Waals surface area contributed by atoms with E-state index >= 15 is 0 Å². The van der Waals surface area contributed by atoms with Gasteiger partial charge in [-0.1, -0.05) is 35.3 Å². The van der Waals surface area contributed by atoms with Crippen LogP contribution in [0.25, 0.3) is 0 Å². The van der Waals surface area contributed by atoms with E-state index in [4.69, 9.17) is 27.9 Å². The first-order valence-electron chi connectivity index (χ1n) is 14.9. The maximum Gasteiger partial charge on any atom is 0.266 e. The molecular formula is C34H32Cl2F3N3O4. The van der Waals surface area contributed by atoms with Crippen molar-refractivity contribution in [2.75, 3.05) is 18.4 Å². The number of fused-ring (bicyclic) bond motifs is 2. The number of aryl methyl sites for hydroxylation is 1. The second-order valence-electron chi connectivity index (χ2n) is 12.7. The average Bonchev–Trinajstić information content (AvgIpc) is 3.26. The maximum absolute atomic E-state index is 14.8. The number of likely N-dealkylation sites (tertiary alicyclic amines) is 1. The fourth-order valence-electron chi connectivity index (χ4n) is 7.06. The molecule has 0 aromatic heterocycles. The molecule has 3 amide bonds. The molecule has 2 N–H and O–H groups in total. The number of nitrogens with one attached hydrogen (secondary N) is 2. The zero-order valence-corrected chi connectivity index (χ0v) is 26.9. The van der Waals surface area contributed by atoms with Gasteiger partial charge in [0.15, 0.2) is 5.60 Å². The first kappa shape index (κ1) is 32.2. The lowest BCUT2D eigenvalue weighted by Crippen LogP contribution is -2.57. The molecule has 0 radical (unpaired) electrons. The summed E-state index contributed by atoms with van der Waals surface area (Å²) in [6.07, 6.45) is -1.06. The molecule has 3 aromatic rings. The smallest absolute Gasteiger partial charge is 0.266 e. The molecule has 2 saturated heterocycles. The lowest BCUT2D eigenvalue weighted by atomic mass is 9.59. The van der Waals surface area contributed by atoms with Gasteiger partial charge >= 0.3 is 0 Å². The Labute approximate surface area is 274 Å². The first-order valence-corrected chi connectivity index (χ1v) is 15.7. The Balaban J connectivity index is 1.50. The number of nitrogens with zero attached hydrogens (tertiary/aromatic N) is 1. The Bertz CT molecular complexity index is 1760. The summed E-state index contributed by atoms with van der Waals surface area (Å²) in [6, 6.07) is 12.9. The topological polar surface area (TPSA) is 87.7 Å². The summed E-state index contributed by atoms with van der Waals surface area (Å²) in [5.74, 6) is -5.41. The molecule has 46 heavy (non-hydrogen) atoms. The van der Waals surface area contributed by atoms with Crippen LogP contribution in [0, 0.1) is 12.7 Å². The molecule has 0 aliphatic carbocycles. The van der Waals surface area contributed by atoms with Gasteiger partial charge in [-0.05, 0) is 79.9 Å². The highest BCUT2D eigenvalue weighted by Crippen LogP contribution is 2.59. The molecule has 3 atom stereocenters. The lowest BCUT2D eigenvalue weighted by molar-refractivity contribution is -0.151. The molecule has 12 heteroatoms. The van der Waals surface area contributed by atoms with Crippen LogP contribution in [0.15, 0.2) is 54.6 Å². The van der Waals surface area contributed by atoms with Gasteiger partial charge in [0.1, 0.15) is 17.0 Å². The van der Waals surface area contributed by atoms with Crippen molar-refractivity contribution >= 4 is 46.6 Å². The molecule has 242 valence electrons. The van der Waals surface area contributed by atoms with Crippen molar-refractivity contribution in [3.05, 3.63) is 92.7 Å². The maximum atomic E-state index is 14.8. The van der Waals surface area contributed by atoms with Crippen LogP contribution in [0.1, 0.15) is 67.3 Å². The lowest BCUT2D eigenvalue weighted by Gasteiger charge is -2.47. The summed E-state index contributed by atoms with van der Waals surface area (Å²) in [6.45, 7) is 4.62. The average molecular weight is 675 g/mol. The van der Waals surface area contributed by atoms with Gasteiger partial charge in [-0.25, -0.2) is 13.2 Å². The van der Waals surface area contributed by atoms with Crippen molar-refractivity contribution in [2.45, 2.75) is 68.9 Å². The van der Waals surface area contributed by atoms with E-state index < -0.39 is 65.3 Å². The number of benzene rings is 3. The Morgan fingerprint density at radius 2 is 1.65 bits per heavy atom. The summed E-state index contributed by atoms with van der Waals surface area (Å²) in [7, 11) is 0. The standard InChI is InChI=1S/C34H32Cl2F3N3O4/c1-18-4-7-21(37)16-22(18)29-34(24-8-5-20(36)15-26(24)40-30(34)44)25(17-28(43)41-29)23-14-19(35)6-9-27(23)46-32(2,3)31(45)42-12-10-33(38,39)11-13-42/h4-9,14-16,25,29H,10-13,17H2,1-3H3,(H,40,44)(H,41,43)/t25-,29+,34-/m0/s1. The highest BCUT2D eigenvalue weighted by Gasteiger charge is 2.62. The van der Waals surface area contributed by atoms with Crippen LogP contribution in [0.5, 0.6) is 5.75 Å². The van der Waals surface area contributed by atoms with E-state index in [2.05, 4.69) is 10.6 Å². The van der Waals surface area contributed by atoms with Gasteiger partial charge < -0.3 is 20.3 Å². The highest BCUT2D eigenvalue weighted by molar-refractivity contribution is 6.31.